The van der Waals surface area contributed by atoms with Gasteiger partial charge in [-0.3, -0.25) is 14.4 Å². The largest absolute Gasteiger partial charge is 0.489 e. The van der Waals surface area contributed by atoms with Crippen LogP contribution >= 0.6 is 23.2 Å². The SMILES string of the molecule is NC(=O)c1c(OC2CCN(C[C@H](O)CNC(=O)c3c[nH]c(=O)c4ccccc34)CC2)ccc(Cl)c1Cl. The van der Waals surface area contributed by atoms with E-state index in [0.717, 1.165) is 0 Å². The molecule has 36 heavy (non-hydrogen) atoms. The molecular formula is C25H26Cl2N4O5. The number of nitrogens with one attached hydrogen (secondary N) is 2. The summed E-state index contributed by atoms with van der Waals surface area (Å²) in [6.07, 6.45) is 1.79. The summed E-state index contributed by atoms with van der Waals surface area (Å²) in [5.74, 6) is -0.789. The number of pyridine rings is 1. The summed E-state index contributed by atoms with van der Waals surface area (Å²) in [6.45, 7) is 1.76. The minimum atomic E-state index is -0.781. The molecule has 1 aromatic heterocycles. The van der Waals surface area contributed by atoms with Crippen molar-refractivity contribution in [3.63, 3.8) is 0 Å². The minimum Gasteiger partial charge on any atom is -0.489 e. The highest BCUT2D eigenvalue weighted by molar-refractivity contribution is 6.44. The number of primary amides is 1. The summed E-state index contributed by atoms with van der Waals surface area (Å²) in [4.78, 5) is 41.1. The van der Waals surface area contributed by atoms with E-state index < -0.39 is 12.0 Å². The molecule has 0 unspecified atom stereocenters. The Hall–Kier alpha value is -3.11. The number of fused-ring (bicyclic) bond motifs is 1. The van der Waals surface area contributed by atoms with Crippen molar-refractivity contribution >= 4 is 45.8 Å². The van der Waals surface area contributed by atoms with E-state index in [1.54, 1.807) is 36.4 Å². The summed E-state index contributed by atoms with van der Waals surface area (Å²) >= 11 is 12.1. The highest BCUT2D eigenvalue weighted by Gasteiger charge is 2.25. The van der Waals surface area contributed by atoms with Crippen LogP contribution in [0.2, 0.25) is 10.0 Å². The number of aromatic amines is 1. The molecule has 3 aromatic rings. The zero-order chi connectivity index (χ0) is 25.8. The molecule has 0 aliphatic carbocycles. The second kappa shape index (κ2) is 11.3. The molecule has 9 nitrogen and oxygen atoms in total. The van der Waals surface area contributed by atoms with Gasteiger partial charge >= 0.3 is 0 Å². The first kappa shape index (κ1) is 26.0. The van der Waals surface area contributed by atoms with Gasteiger partial charge < -0.3 is 30.8 Å². The van der Waals surface area contributed by atoms with Gasteiger partial charge in [-0.25, -0.2) is 0 Å². The second-order valence-corrected chi connectivity index (χ2v) is 9.44. The number of H-pyrrole nitrogens is 1. The predicted octanol–water partition coefficient (Wildman–Crippen LogP) is 2.57. The molecule has 0 saturated carbocycles. The normalized spacial score (nSPS) is 15.5. The van der Waals surface area contributed by atoms with E-state index in [1.807, 2.05) is 0 Å². The summed E-state index contributed by atoms with van der Waals surface area (Å²) in [7, 11) is 0. The number of aliphatic hydroxyl groups is 1. The van der Waals surface area contributed by atoms with Crippen LogP contribution in [-0.2, 0) is 0 Å². The van der Waals surface area contributed by atoms with Crippen LogP contribution in [0.15, 0.2) is 47.4 Å². The van der Waals surface area contributed by atoms with Crippen molar-refractivity contribution in [2.75, 3.05) is 26.2 Å². The highest BCUT2D eigenvalue weighted by Crippen LogP contribution is 2.34. The van der Waals surface area contributed by atoms with Gasteiger partial charge in [0.2, 0.25) is 0 Å². The van der Waals surface area contributed by atoms with Gasteiger partial charge in [-0.2, -0.15) is 0 Å². The molecule has 1 atom stereocenters. The van der Waals surface area contributed by atoms with E-state index in [1.165, 1.54) is 6.20 Å². The number of ether oxygens (including phenoxy) is 1. The number of piperidine rings is 1. The number of nitrogens with two attached hydrogens (primary N) is 1. The fourth-order valence-electron chi connectivity index (χ4n) is 4.32. The summed E-state index contributed by atoms with van der Waals surface area (Å²) in [5.41, 5.74) is 5.58. The Morgan fingerprint density at radius 1 is 1.17 bits per heavy atom. The summed E-state index contributed by atoms with van der Waals surface area (Å²) in [6, 6.07) is 10.0. The number of hydrogen-bond donors (Lipinski definition) is 4. The average Bonchev–Trinajstić information content (AvgIpc) is 2.86. The van der Waals surface area contributed by atoms with Crippen molar-refractivity contribution in [1.82, 2.24) is 15.2 Å². The Balaban J connectivity index is 1.27. The number of likely N-dealkylation sites (tertiary alicyclic amines) is 1. The number of aliphatic hydroxyl groups excluding tert-OH is 1. The van der Waals surface area contributed by atoms with Crippen LogP contribution in [0.3, 0.4) is 0 Å². The number of aromatic nitrogens is 1. The summed E-state index contributed by atoms with van der Waals surface area (Å²) < 4.78 is 5.99. The quantitative estimate of drug-likeness (QED) is 0.351. The molecule has 1 fully saturated rings. The first-order chi connectivity index (χ1) is 17.2. The molecule has 1 saturated heterocycles. The molecule has 4 rings (SSSR count). The maximum absolute atomic E-state index is 12.7. The third-order valence-electron chi connectivity index (χ3n) is 6.15. The first-order valence-electron chi connectivity index (χ1n) is 11.5. The van der Waals surface area contributed by atoms with Crippen LogP contribution in [0.25, 0.3) is 10.8 Å². The van der Waals surface area contributed by atoms with Gasteiger partial charge in [0.1, 0.15) is 17.4 Å². The number of amides is 2. The molecule has 2 heterocycles. The average molecular weight is 533 g/mol. The van der Waals surface area contributed by atoms with Crippen LogP contribution in [-0.4, -0.2) is 65.2 Å². The lowest BCUT2D eigenvalue weighted by molar-refractivity contribution is 0.0589. The molecule has 1 aliphatic rings. The smallest absolute Gasteiger partial charge is 0.255 e. The lowest BCUT2D eigenvalue weighted by atomic mass is 10.1. The van der Waals surface area contributed by atoms with Gasteiger partial charge in [0.15, 0.2) is 0 Å². The lowest BCUT2D eigenvalue weighted by Crippen LogP contribution is -2.45. The molecule has 0 spiro atoms. The number of nitrogens with zero attached hydrogens (tertiary/aromatic N) is 1. The molecule has 1 aliphatic heterocycles. The van der Waals surface area contributed by atoms with Crippen LogP contribution in [0, 0.1) is 0 Å². The number of carbonyl (C=O) groups is 2. The van der Waals surface area contributed by atoms with Gasteiger partial charge in [-0.05, 0) is 31.0 Å². The number of carbonyl (C=O) groups excluding carboxylic acids is 2. The van der Waals surface area contributed by atoms with Gasteiger partial charge in [0.25, 0.3) is 17.4 Å². The number of rotatable bonds is 8. The second-order valence-electron chi connectivity index (χ2n) is 8.66. The fraction of sp³-hybridized carbons (Fsp3) is 0.320. The molecule has 0 bridgehead atoms. The third-order valence-corrected chi connectivity index (χ3v) is 6.96. The van der Waals surface area contributed by atoms with Crippen LogP contribution in [0.1, 0.15) is 33.6 Å². The topological polar surface area (TPSA) is 138 Å². The van der Waals surface area contributed by atoms with Gasteiger partial charge in [-0.1, -0.05) is 41.4 Å². The Labute approximate surface area is 217 Å². The maximum atomic E-state index is 12.7. The van der Waals surface area contributed by atoms with E-state index in [-0.39, 0.29) is 39.7 Å². The van der Waals surface area contributed by atoms with Gasteiger partial charge in [-0.15, -0.1) is 0 Å². The minimum absolute atomic E-state index is 0.0630. The lowest BCUT2D eigenvalue weighted by Gasteiger charge is -2.33. The standard InChI is InChI=1S/C25H26Cl2N4O5/c26-19-5-6-20(21(22(19)27)23(28)33)36-15-7-9-31(10-8-15)13-14(32)11-29-25(35)18-12-30-24(34)17-4-2-1-3-16(17)18/h1-6,12,14-15,32H,7-11,13H2,(H2,28,33)(H,29,35)(H,30,34)/t14-/m1/s1. The fourth-order valence-corrected chi connectivity index (χ4v) is 4.72. The van der Waals surface area contributed by atoms with E-state index in [0.29, 0.717) is 54.6 Å². The zero-order valence-corrected chi connectivity index (χ0v) is 20.8. The molecule has 2 amide bonds. The van der Waals surface area contributed by atoms with Crippen molar-refractivity contribution < 1.29 is 19.4 Å². The van der Waals surface area contributed by atoms with E-state index >= 15 is 0 Å². The highest BCUT2D eigenvalue weighted by atomic mass is 35.5. The van der Waals surface area contributed by atoms with E-state index in [2.05, 4.69) is 15.2 Å². The molecule has 190 valence electrons. The van der Waals surface area contributed by atoms with Crippen molar-refractivity contribution in [3.05, 3.63) is 74.1 Å². The van der Waals surface area contributed by atoms with Crippen LogP contribution in [0.4, 0.5) is 0 Å². The molecular weight excluding hydrogens is 507 g/mol. The Morgan fingerprint density at radius 3 is 2.56 bits per heavy atom. The van der Waals surface area contributed by atoms with Crippen molar-refractivity contribution in [3.8, 4) is 5.75 Å². The Kier molecular flexibility index (Phi) is 8.15. The van der Waals surface area contributed by atoms with Crippen molar-refractivity contribution in [1.29, 1.82) is 0 Å². The molecule has 2 aromatic carbocycles. The van der Waals surface area contributed by atoms with Crippen LogP contribution < -0.4 is 21.3 Å². The predicted molar refractivity (Wildman–Crippen MR) is 138 cm³/mol. The first-order valence-corrected chi connectivity index (χ1v) is 12.2. The van der Waals surface area contributed by atoms with E-state index in [9.17, 15) is 19.5 Å². The van der Waals surface area contributed by atoms with Gasteiger partial charge in [0.05, 0.1) is 21.7 Å². The zero-order valence-electron chi connectivity index (χ0n) is 19.3. The number of hydrogen-bond acceptors (Lipinski definition) is 6. The Bertz CT molecular complexity index is 1340. The number of β-amino-alcohol motifs (C(OH)–C–C–N with tert-alkyl or cyclic N) is 1. The van der Waals surface area contributed by atoms with E-state index in [4.69, 9.17) is 33.7 Å². The molecule has 11 heteroatoms. The number of halogens is 2. The monoisotopic (exact) mass is 532 g/mol. The third kappa shape index (κ3) is 5.82. The maximum Gasteiger partial charge on any atom is 0.255 e. The summed E-state index contributed by atoms with van der Waals surface area (Å²) in [5, 5.41) is 14.5. The van der Waals surface area contributed by atoms with Crippen LogP contribution in [0.5, 0.6) is 5.75 Å². The van der Waals surface area contributed by atoms with Gasteiger partial charge in [0, 0.05) is 43.1 Å². The number of benzene rings is 2. The molecule has 0 radical (unpaired) electrons. The van der Waals surface area contributed by atoms with Crippen molar-refractivity contribution in [2.45, 2.75) is 25.0 Å². The Morgan fingerprint density at radius 2 is 1.86 bits per heavy atom. The molecule has 5 N–H and O–H groups in total. The van der Waals surface area contributed by atoms with Crippen molar-refractivity contribution in [2.24, 2.45) is 5.73 Å².